The first-order valence-electron chi connectivity index (χ1n) is 6.65. The summed E-state index contributed by atoms with van der Waals surface area (Å²) in [6.07, 6.45) is 1.02. The standard InChI is InChI=1S/C12H30O4Si3/c1-9-17(5,6)16-18(7,8)11-10-12-19(13-2,14-3)15-4/h9H,1,10-12H2,2-8H3. The van der Waals surface area contributed by atoms with Crippen molar-refractivity contribution in [3.05, 3.63) is 12.3 Å². The van der Waals surface area contributed by atoms with Crippen molar-refractivity contribution in [1.29, 1.82) is 0 Å². The molecule has 0 amide bonds. The van der Waals surface area contributed by atoms with Crippen LogP contribution in [0.1, 0.15) is 6.42 Å². The van der Waals surface area contributed by atoms with E-state index in [4.69, 9.17) is 17.4 Å². The van der Waals surface area contributed by atoms with Crippen molar-refractivity contribution in [1.82, 2.24) is 0 Å². The van der Waals surface area contributed by atoms with Gasteiger partial charge in [0.1, 0.15) is 0 Å². The molecule has 0 aliphatic heterocycles. The maximum absolute atomic E-state index is 6.34. The summed E-state index contributed by atoms with van der Waals surface area (Å²) in [5, 5.41) is 0. The molecule has 0 aromatic rings. The van der Waals surface area contributed by atoms with Gasteiger partial charge in [-0.3, -0.25) is 0 Å². The summed E-state index contributed by atoms with van der Waals surface area (Å²) in [7, 11) is -0.792. The monoisotopic (exact) mass is 322 g/mol. The van der Waals surface area contributed by atoms with Gasteiger partial charge < -0.3 is 17.4 Å². The van der Waals surface area contributed by atoms with Gasteiger partial charge in [0.05, 0.1) is 0 Å². The van der Waals surface area contributed by atoms with E-state index >= 15 is 0 Å². The largest absolute Gasteiger partial charge is 0.500 e. The highest BCUT2D eigenvalue weighted by molar-refractivity contribution is 6.87. The van der Waals surface area contributed by atoms with E-state index in [0.29, 0.717) is 0 Å². The fraction of sp³-hybridized carbons (Fsp3) is 0.833. The molecule has 0 N–H and O–H groups in total. The molecule has 0 radical (unpaired) electrons. The lowest BCUT2D eigenvalue weighted by atomic mass is 10.6. The Morgan fingerprint density at radius 1 is 0.895 bits per heavy atom. The molecule has 0 spiro atoms. The number of hydrogen-bond donors (Lipinski definition) is 0. The van der Waals surface area contributed by atoms with Gasteiger partial charge in [0.25, 0.3) is 0 Å². The summed E-state index contributed by atoms with van der Waals surface area (Å²) in [6.45, 7) is 12.8. The van der Waals surface area contributed by atoms with Crippen molar-refractivity contribution < 1.29 is 17.4 Å². The summed E-state index contributed by atoms with van der Waals surface area (Å²) < 4.78 is 22.6. The smallest absolute Gasteiger partial charge is 0.453 e. The summed E-state index contributed by atoms with van der Waals surface area (Å²) >= 11 is 0. The maximum atomic E-state index is 6.34. The van der Waals surface area contributed by atoms with Crippen LogP contribution < -0.4 is 0 Å². The number of hydrogen-bond acceptors (Lipinski definition) is 4. The van der Waals surface area contributed by atoms with Gasteiger partial charge in [-0.1, -0.05) is 5.70 Å². The fourth-order valence-electron chi connectivity index (χ4n) is 2.09. The lowest BCUT2D eigenvalue weighted by Crippen LogP contribution is -2.45. The van der Waals surface area contributed by atoms with Gasteiger partial charge in [-0.2, -0.15) is 0 Å². The molecule has 4 nitrogen and oxygen atoms in total. The summed E-state index contributed by atoms with van der Waals surface area (Å²) in [6, 6.07) is 1.93. The minimum atomic E-state index is -2.43. The van der Waals surface area contributed by atoms with Crippen molar-refractivity contribution in [2.75, 3.05) is 21.3 Å². The van der Waals surface area contributed by atoms with Crippen LogP contribution in [-0.4, -0.2) is 46.8 Å². The molecule has 19 heavy (non-hydrogen) atoms. The average molecular weight is 323 g/mol. The zero-order valence-corrected chi connectivity index (χ0v) is 16.5. The van der Waals surface area contributed by atoms with Crippen molar-refractivity contribution in [2.45, 2.75) is 44.7 Å². The highest BCUT2D eigenvalue weighted by Crippen LogP contribution is 2.24. The minimum Gasteiger partial charge on any atom is -0.453 e. The average Bonchev–Trinajstić information content (AvgIpc) is 2.34. The summed E-state index contributed by atoms with van der Waals surface area (Å²) in [4.78, 5) is 0. The lowest BCUT2D eigenvalue weighted by Gasteiger charge is -2.32. The Hall–Kier alpha value is 0.231. The van der Waals surface area contributed by atoms with Crippen LogP contribution in [0.5, 0.6) is 0 Å². The molecule has 0 atom stereocenters. The van der Waals surface area contributed by atoms with Crippen molar-refractivity contribution >= 4 is 25.4 Å². The van der Waals surface area contributed by atoms with Crippen molar-refractivity contribution in [3.8, 4) is 0 Å². The second kappa shape index (κ2) is 7.87. The Morgan fingerprint density at radius 2 is 1.37 bits per heavy atom. The third-order valence-electron chi connectivity index (χ3n) is 3.23. The number of rotatable bonds is 10. The second-order valence-corrected chi connectivity index (χ2v) is 17.4. The topological polar surface area (TPSA) is 36.9 Å². The Balaban J connectivity index is 4.35. The van der Waals surface area contributed by atoms with Gasteiger partial charge in [-0.25, -0.2) is 0 Å². The van der Waals surface area contributed by atoms with E-state index in [0.717, 1.165) is 18.5 Å². The van der Waals surface area contributed by atoms with Crippen molar-refractivity contribution in [2.24, 2.45) is 0 Å². The Labute approximate surface area is 121 Å². The van der Waals surface area contributed by atoms with Gasteiger partial charge in [0.15, 0.2) is 16.6 Å². The highest BCUT2D eigenvalue weighted by Gasteiger charge is 2.38. The van der Waals surface area contributed by atoms with E-state index in [-0.39, 0.29) is 0 Å². The van der Waals surface area contributed by atoms with Crippen molar-refractivity contribution in [3.63, 3.8) is 0 Å². The first-order valence-corrected chi connectivity index (χ1v) is 14.7. The highest BCUT2D eigenvalue weighted by atomic mass is 28.4. The molecule has 0 bridgehead atoms. The molecule has 0 unspecified atom stereocenters. The molecule has 0 heterocycles. The molecule has 0 saturated carbocycles. The minimum absolute atomic E-state index is 0.840. The fourth-order valence-corrected chi connectivity index (χ4v) is 11.6. The molecule has 0 aromatic heterocycles. The van der Waals surface area contributed by atoms with Gasteiger partial charge in [0, 0.05) is 27.4 Å². The van der Waals surface area contributed by atoms with Crippen LogP contribution in [0, 0.1) is 0 Å². The third-order valence-corrected chi connectivity index (χ3v) is 12.9. The predicted molar refractivity (Wildman–Crippen MR) is 87.3 cm³/mol. The van der Waals surface area contributed by atoms with Gasteiger partial charge in [-0.05, 0) is 38.7 Å². The SMILES string of the molecule is C=C[Si](C)(C)O[Si](C)(C)CCC[Si](OC)(OC)OC. The zero-order chi connectivity index (χ0) is 15.2. The van der Waals surface area contributed by atoms with Crippen LogP contribution in [0.25, 0.3) is 0 Å². The Kier molecular flexibility index (Phi) is 7.96. The quantitative estimate of drug-likeness (QED) is 0.578. The summed E-state index contributed by atoms with van der Waals surface area (Å²) in [5.41, 5.74) is 2.00. The van der Waals surface area contributed by atoms with E-state index in [1.165, 1.54) is 0 Å². The van der Waals surface area contributed by atoms with E-state index in [1.54, 1.807) is 21.3 Å². The van der Waals surface area contributed by atoms with Crippen LogP contribution >= 0.6 is 0 Å². The second-order valence-electron chi connectivity index (χ2n) is 5.82. The Morgan fingerprint density at radius 3 is 1.74 bits per heavy atom. The van der Waals surface area contributed by atoms with E-state index in [1.807, 2.05) is 5.70 Å². The molecule has 0 aromatic carbocycles. The normalized spacial score (nSPS) is 13.6. The molecule has 114 valence electrons. The first kappa shape index (κ1) is 19.2. The molecule has 0 fully saturated rings. The zero-order valence-electron chi connectivity index (χ0n) is 13.5. The van der Waals surface area contributed by atoms with Crippen LogP contribution in [0.15, 0.2) is 12.3 Å². The molecular formula is C12H30O4Si3. The maximum Gasteiger partial charge on any atom is 0.500 e. The molecule has 0 aliphatic carbocycles. The van der Waals surface area contributed by atoms with Gasteiger partial charge in [0.2, 0.25) is 0 Å². The van der Waals surface area contributed by atoms with Gasteiger partial charge in [-0.15, -0.1) is 6.58 Å². The first-order chi connectivity index (χ1) is 8.66. The summed E-state index contributed by atoms with van der Waals surface area (Å²) in [5.74, 6) is 0. The lowest BCUT2D eigenvalue weighted by molar-refractivity contribution is 0.123. The molecule has 0 aliphatic rings. The van der Waals surface area contributed by atoms with E-state index in [9.17, 15) is 0 Å². The van der Waals surface area contributed by atoms with Crippen LogP contribution in [-0.2, 0) is 17.4 Å². The molecular weight excluding hydrogens is 292 g/mol. The van der Waals surface area contributed by atoms with Crippen LogP contribution in [0.2, 0.25) is 38.3 Å². The predicted octanol–water partition coefficient (Wildman–Crippen LogP) is 3.41. The van der Waals surface area contributed by atoms with Crippen LogP contribution in [0.3, 0.4) is 0 Å². The third kappa shape index (κ3) is 6.98. The van der Waals surface area contributed by atoms with E-state index < -0.39 is 25.4 Å². The molecule has 0 saturated heterocycles. The molecule has 0 rings (SSSR count). The Bertz CT molecular complexity index is 270. The van der Waals surface area contributed by atoms with E-state index in [2.05, 4.69) is 32.8 Å². The van der Waals surface area contributed by atoms with Gasteiger partial charge >= 0.3 is 8.80 Å². The molecule has 7 heteroatoms. The van der Waals surface area contributed by atoms with Crippen LogP contribution in [0.4, 0.5) is 0 Å².